The van der Waals surface area contributed by atoms with Crippen LogP contribution in [0.4, 0.5) is 0 Å². The fraction of sp³-hybridized carbons (Fsp3) is 0.231. The van der Waals surface area contributed by atoms with Crippen molar-refractivity contribution in [2.75, 3.05) is 0 Å². The first-order valence-electron chi connectivity index (χ1n) is 5.56. The van der Waals surface area contributed by atoms with Gasteiger partial charge < -0.3 is 15.5 Å². The molecule has 1 aromatic carbocycles. The SMILES string of the molecule is C[C@@H](O)[C@H](NC(=O)/C=C/c1ccccc1Cl)C(=O)O. The van der Waals surface area contributed by atoms with Crippen LogP contribution < -0.4 is 5.32 Å². The molecule has 1 amide bonds. The summed E-state index contributed by atoms with van der Waals surface area (Å²) in [6.45, 7) is 1.29. The molecule has 2 atom stereocenters. The van der Waals surface area contributed by atoms with Gasteiger partial charge in [0.2, 0.25) is 5.91 Å². The first-order valence-corrected chi connectivity index (χ1v) is 5.93. The smallest absolute Gasteiger partial charge is 0.328 e. The lowest BCUT2D eigenvalue weighted by Gasteiger charge is -2.15. The minimum absolute atomic E-state index is 0.483. The second-order valence-electron chi connectivity index (χ2n) is 3.92. The third-order valence-electron chi connectivity index (χ3n) is 2.37. The van der Waals surface area contributed by atoms with Crippen LogP contribution in [0.25, 0.3) is 6.08 Å². The molecule has 0 aliphatic carbocycles. The summed E-state index contributed by atoms with van der Waals surface area (Å²) >= 11 is 5.90. The number of aliphatic hydroxyl groups excluding tert-OH is 1. The number of aliphatic hydroxyl groups is 1. The van der Waals surface area contributed by atoms with Gasteiger partial charge in [-0.25, -0.2) is 4.79 Å². The Morgan fingerprint density at radius 3 is 2.53 bits per heavy atom. The number of benzene rings is 1. The van der Waals surface area contributed by atoms with Crippen LogP contribution in [-0.4, -0.2) is 34.2 Å². The molecule has 0 bridgehead atoms. The summed E-state index contributed by atoms with van der Waals surface area (Å²) in [4.78, 5) is 22.3. The van der Waals surface area contributed by atoms with Gasteiger partial charge in [-0.15, -0.1) is 0 Å². The van der Waals surface area contributed by atoms with E-state index in [0.29, 0.717) is 10.6 Å². The Morgan fingerprint density at radius 1 is 1.37 bits per heavy atom. The molecule has 0 saturated carbocycles. The van der Waals surface area contributed by atoms with Gasteiger partial charge in [-0.05, 0) is 24.6 Å². The van der Waals surface area contributed by atoms with E-state index < -0.39 is 24.0 Å². The van der Waals surface area contributed by atoms with Crippen molar-refractivity contribution in [1.82, 2.24) is 5.32 Å². The third-order valence-corrected chi connectivity index (χ3v) is 2.71. The van der Waals surface area contributed by atoms with E-state index in [1.54, 1.807) is 24.3 Å². The number of carboxylic acid groups (broad SMARTS) is 1. The van der Waals surface area contributed by atoms with Gasteiger partial charge in [0.15, 0.2) is 6.04 Å². The minimum Gasteiger partial charge on any atom is -0.480 e. The van der Waals surface area contributed by atoms with E-state index in [4.69, 9.17) is 16.7 Å². The van der Waals surface area contributed by atoms with E-state index in [9.17, 15) is 14.7 Å². The lowest BCUT2D eigenvalue weighted by Crippen LogP contribution is -2.47. The maximum atomic E-state index is 11.5. The van der Waals surface area contributed by atoms with Gasteiger partial charge in [0.25, 0.3) is 0 Å². The van der Waals surface area contributed by atoms with Crippen LogP contribution >= 0.6 is 11.6 Å². The molecule has 5 nitrogen and oxygen atoms in total. The summed E-state index contributed by atoms with van der Waals surface area (Å²) in [6, 6.07) is 5.57. The highest BCUT2D eigenvalue weighted by Crippen LogP contribution is 2.16. The zero-order valence-electron chi connectivity index (χ0n) is 10.2. The molecule has 0 unspecified atom stereocenters. The molecule has 3 N–H and O–H groups in total. The van der Waals surface area contributed by atoms with Crippen molar-refractivity contribution >= 4 is 29.6 Å². The average molecular weight is 284 g/mol. The zero-order chi connectivity index (χ0) is 14.4. The fourth-order valence-corrected chi connectivity index (χ4v) is 1.56. The van der Waals surface area contributed by atoms with Crippen molar-refractivity contribution < 1.29 is 19.8 Å². The van der Waals surface area contributed by atoms with Crippen LogP contribution in [0.3, 0.4) is 0 Å². The molecular formula is C13H14ClNO4. The molecule has 0 aromatic heterocycles. The van der Waals surface area contributed by atoms with Gasteiger partial charge in [0, 0.05) is 11.1 Å². The Bertz CT molecular complexity index is 499. The monoisotopic (exact) mass is 283 g/mol. The molecule has 0 heterocycles. The quantitative estimate of drug-likeness (QED) is 0.711. The Morgan fingerprint density at radius 2 is 2.00 bits per heavy atom. The van der Waals surface area contributed by atoms with Gasteiger partial charge in [0.05, 0.1) is 6.10 Å². The van der Waals surface area contributed by atoms with E-state index in [2.05, 4.69) is 5.32 Å². The molecule has 0 aliphatic heterocycles. The number of rotatable bonds is 5. The molecule has 0 radical (unpaired) electrons. The molecular weight excluding hydrogens is 270 g/mol. The van der Waals surface area contributed by atoms with E-state index in [1.807, 2.05) is 0 Å². The average Bonchev–Trinajstić information content (AvgIpc) is 2.34. The second kappa shape index (κ2) is 6.92. The highest BCUT2D eigenvalue weighted by molar-refractivity contribution is 6.32. The van der Waals surface area contributed by atoms with Crippen molar-refractivity contribution in [3.05, 3.63) is 40.9 Å². The van der Waals surface area contributed by atoms with E-state index in [0.717, 1.165) is 0 Å². The van der Waals surface area contributed by atoms with Crippen molar-refractivity contribution in [3.8, 4) is 0 Å². The maximum Gasteiger partial charge on any atom is 0.328 e. The van der Waals surface area contributed by atoms with Crippen LogP contribution in [0.5, 0.6) is 0 Å². The summed E-state index contributed by atoms with van der Waals surface area (Å²) in [7, 11) is 0. The number of carboxylic acids is 1. The van der Waals surface area contributed by atoms with Crippen LogP contribution in [-0.2, 0) is 9.59 Å². The highest BCUT2D eigenvalue weighted by Gasteiger charge is 2.23. The summed E-state index contributed by atoms with van der Waals surface area (Å²) < 4.78 is 0. The van der Waals surface area contributed by atoms with E-state index >= 15 is 0 Å². The summed E-state index contributed by atoms with van der Waals surface area (Å²) in [5, 5.41) is 20.7. The highest BCUT2D eigenvalue weighted by atomic mass is 35.5. The third kappa shape index (κ3) is 4.73. The van der Waals surface area contributed by atoms with Gasteiger partial charge >= 0.3 is 5.97 Å². The van der Waals surface area contributed by atoms with Crippen LogP contribution in [0, 0.1) is 0 Å². The number of hydrogen-bond acceptors (Lipinski definition) is 3. The molecule has 1 aromatic rings. The predicted molar refractivity (Wildman–Crippen MR) is 71.7 cm³/mol. The molecule has 0 spiro atoms. The number of carbonyl (C=O) groups excluding carboxylic acids is 1. The Balaban J connectivity index is 2.70. The molecule has 1 rings (SSSR count). The Kier molecular flexibility index (Phi) is 5.54. The first-order chi connectivity index (χ1) is 8.91. The second-order valence-corrected chi connectivity index (χ2v) is 4.33. The van der Waals surface area contributed by atoms with Gasteiger partial charge in [0.1, 0.15) is 0 Å². The summed E-state index contributed by atoms with van der Waals surface area (Å²) in [5.41, 5.74) is 0.642. The largest absolute Gasteiger partial charge is 0.480 e. The first kappa shape index (κ1) is 15.2. The van der Waals surface area contributed by atoms with E-state index in [1.165, 1.54) is 19.1 Å². The number of halogens is 1. The predicted octanol–water partition coefficient (Wildman–Crippen LogP) is 1.30. The van der Waals surface area contributed by atoms with E-state index in [-0.39, 0.29) is 0 Å². The minimum atomic E-state index is -1.34. The lowest BCUT2D eigenvalue weighted by atomic mass is 10.1. The number of aliphatic carboxylic acids is 1. The zero-order valence-corrected chi connectivity index (χ0v) is 11.0. The normalized spacial score (nSPS) is 14.1. The molecule has 102 valence electrons. The van der Waals surface area contributed by atoms with Crippen molar-refractivity contribution in [2.24, 2.45) is 0 Å². The van der Waals surface area contributed by atoms with Crippen LogP contribution in [0.15, 0.2) is 30.3 Å². The van der Waals surface area contributed by atoms with Crippen LogP contribution in [0.2, 0.25) is 5.02 Å². The summed E-state index contributed by atoms with van der Waals surface area (Å²) in [6.07, 6.45) is 1.45. The number of nitrogens with one attached hydrogen (secondary N) is 1. The maximum absolute atomic E-state index is 11.5. The lowest BCUT2D eigenvalue weighted by molar-refractivity contribution is -0.144. The van der Waals surface area contributed by atoms with Gasteiger partial charge in [-0.3, -0.25) is 4.79 Å². The molecule has 6 heteroatoms. The standard InChI is InChI=1S/C13H14ClNO4/c1-8(16)12(13(18)19)15-11(17)7-6-9-4-2-3-5-10(9)14/h2-8,12,16H,1H3,(H,15,17)(H,18,19)/b7-6+/t8-,12+/m1/s1. The number of amides is 1. The summed E-state index contributed by atoms with van der Waals surface area (Å²) in [5.74, 6) is -1.91. The van der Waals surface area contributed by atoms with Crippen molar-refractivity contribution in [3.63, 3.8) is 0 Å². The van der Waals surface area contributed by atoms with Crippen LogP contribution in [0.1, 0.15) is 12.5 Å². The number of hydrogen-bond donors (Lipinski definition) is 3. The molecule has 0 saturated heterocycles. The molecule has 19 heavy (non-hydrogen) atoms. The topological polar surface area (TPSA) is 86.6 Å². The fourth-order valence-electron chi connectivity index (χ4n) is 1.37. The number of carbonyl (C=O) groups is 2. The Labute approximate surface area is 115 Å². The van der Waals surface area contributed by atoms with Gasteiger partial charge in [-0.2, -0.15) is 0 Å². The van der Waals surface area contributed by atoms with Gasteiger partial charge in [-0.1, -0.05) is 29.8 Å². The van der Waals surface area contributed by atoms with Crippen molar-refractivity contribution in [1.29, 1.82) is 0 Å². The molecule has 0 aliphatic rings. The molecule has 0 fully saturated rings. The van der Waals surface area contributed by atoms with Crippen molar-refractivity contribution in [2.45, 2.75) is 19.1 Å². The Hall–Kier alpha value is -1.85.